The fourth-order valence-corrected chi connectivity index (χ4v) is 1.50. The third-order valence-corrected chi connectivity index (χ3v) is 2.40. The number of carbonyl (C=O) groups is 1. The summed E-state index contributed by atoms with van der Waals surface area (Å²) in [5, 5.41) is 9.52. The molecule has 5 nitrogen and oxygen atoms in total. The quantitative estimate of drug-likeness (QED) is 0.818. The predicted octanol–water partition coefficient (Wildman–Crippen LogP) is 1.96. The van der Waals surface area contributed by atoms with Gasteiger partial charge in [-0.15, -0.1) is 11.6 Å². The highest BCUT2D eigenvalue weighted by Crippen LogP contribution is 2.24. The molecule has 17 heavy (non-hydrogen) atoms. The van der Waals surface area contributed by atoms with Crippen molar-refractivity contribution in [2.24, 2.45) is 0 Å². The average Bonchev–Trinajstić information content (AvgIpc) is 2.76. The molecule has 0 fully saturated rings. The molecule has 1 heterocycles. The zero-order valence-electron chi connectivity index (χ0n) is 9.20. The third-order valence-electron chi connectivity index (χ3n) is 2.16. The van der Waals surface area contributed by atoms with Crippen molar-refractivity contribution >= 4 is 23.2 Å². The van der Waals surface area contributed by atoms with E-state index in [0.29, 0.717) is 11.5 Å². The van der Waals surface area contributed by atoms with Gasteiger partial charge in [0, 0.05) is 5.56 Å². The number of alkyl halides is 1. The van der Waals surface area contributed by atoms with Crippen molar-refractivity contribution in [3.8, 4) is 11.4 Å². The summed E-state index contributed by atoms with van der Waals surface area (Å²) in [7, 11) is 0. The molecule has 0 bridgehead atoms. The first-order valence-electron chi connectivity index (χ1n) is 5.05. The van der Waals surface area contributed by atoms with Crippen LogP contribution in [0.1, 0.15) is 5.82 Å². The lowest BCUT2D eigenvalue weighted by Crippen LogP contribution is -2.13. The molecule has 0 aliphatic rings. The number of amides is 1. The summed E-state index contributed by atoms with van der Waals surface area (Å²) < 4.78 is 0. The molecule has 0 aliphatic heterocycles. The summed E-state index contributed by atoms with van der Waals surface area (Å²) >= 11 is 5.45. The average molecular weight is 251 g/mol. The smallest absolute Gasteiger partial charge is 0.239 e. The largest absolute Gasteiger partial charge is 0.324 e. The molecule has 0 aliphatic carbocycles. The number of para-hydroxylation sites is 1. The summed E-state index contributed by atoms with van der Waals surface area (Å²) in [6.07, 6.45) is 0. The molecule has 0 spiro atoms. The first-order valence-corrected chi connectivity index (χ1v) is 5.58. The highest BCUT2D eigenvalue weighted by atomic mass is 35.5. The number of nitrogens with one attached hydrogen (secondary N) is 2. The standard InChI is InChI=1S/C11H11ClN4O/c1-7-13-11(16-15-7)8-4-2-3-5-9(8)14-10(17)6-12/h2-5H,6H2,1H3,(H,14,17)(H,13,15,16). The number of aromatic nitrogens is 3. The van der Waals surface area contributed by atoms with Gasteiger partial charge in [-0.05, 0) is 19.1 Å². The van der Waals surface area contributed by atoms with Crippen LogP contribution in [-0.2, 0) is 4.79 Å². The zero-order chi connectivity index (χ0) is 12.3. The van der Waals surface area contributed by atoms with Crippen LogP contribution in [0.5, 0.6) is 0 Å². The van der Waals surface area contributed by atoms with Gasteiger partial charge in [0.05, 0.1) is 5.69 Å². The van der Waals surface area contributed by atoms with E-state index in [0.717, 1.165) is 11.4 Å². The van der Waals surface area contributed by atoms with E-state index >= 15 is 0 Å². The molecule has 1 amide bonds. The Labute approximate surface area is 103 Å². The van der Waals surface area contributed by atoms with Crippen molar-refractivity contribution in [3.05, 3.63) is 30.1 Å². The van der Waals surface area contributed by atoms with Crippen LogP contribution in [0.2, 0.25) is 0 Å². The van der Waals surface area contributed by atoms with Crippen molar-refractivity contribution in [1.82, 2.24) is 15.2 Å². The van der Waals surface area contributed by atoms with Crippen molar-refractivity contribution in [1.29, 1.82) is 0 Å². The Kier molecular flexibility index (Phi) is 3.39. The number of H-pyrrole nitrogens is 1. The number of benzene rings is 1. The van der Waals surface area contributed by atoms with Crippen LogP contribution in [0.4, 0.5) is 5.69 Å². The van der Waals surface area contributed by atoms with Gasteiger partial charge in [0.1, 0.15) is 11.7 Å². The summed E-state index contributed by atoms with van der Waals surface area (Å²) in [5.41, 5.74) is 1.41. The zero-order valence-corrected chi connectivity index (χ0v) is 9.95. The van der Waals surface area contributed by atoms with E-state index in [1.165, 1.54) is 0 Å². The second-order valence-electron chi connectivity index (χ2n) is 3.47. The van der Waals surface area contributed by atoms with E-state index in [9.17, 15) is 4.79 Å². The Morgan fingerprint density at radius 1 is 1.47 bits per heavy atom. The minimum atomic E-state index is -0.258. The van der Waals surface area contributed by atoms with E-state index < -0.39 is 0 Å². The molecule has 0 radical (unpaired) electrons. The van der Waals surface area contributed by atoms with E-state index in [2.05, 4.69) is 20.5 Å². The fourth-order valence-electron chi connectivity index (χ4n) is 1.43. The molecule has 0 saturated heterocycles. The number of nitrogens with zero attached hydrogens (tertiary/aromatic N) is 2. The molecule has 0 saturated carbocycles. The lowest BCUT2D eigenvalue weighted by molar-refractivity contribution is -0.113. The normalized spacial score (nSPS) is 10.2. The van der Waals surface area contributed by atoms with E-state index in [1.807, 2.05) is 25.1 Å². The second kappa shape index (κ2) is 4.97. The first-order chi connectivity index (χ1) is 8.20. The molecule has 6 heteroatoms. The molecule has 0 atom stereocenters. The van der Waals surface area contributed by atoms with Gasteiger partial charge in [-0.25, -0.2) is 4.98 Å². The molecule has 0 unspecified atom stereocenters. The molecule has 1 aromatic carbocycles. The number of aromatic amines is 1. The SMILES string of the molecule is Cc1nc(-c2ccccc2NC(=O)CCl)n[nH]1. The summed E-state index contributed by atoms with van der Waals surface area (Å²) in [6.45, 7) is 1.82. The number of hydrogen-bond donors (Lipinski definition) is 2. The molecular weight excluding hydrogens is 240 g/mol. The Bertz CT molecular complexity index is 538. The van der Waals surface area contributed by atoms with Gasteiger partial charge in [0.2, 0.25) is 5.91 Å². The maximum Gasteiger partial charge on any atom is 0.239 e. The summed E-state index contributed by atoms with van der Waals surface area (Å²) in [4.78, 5) is 15.5. The van der Waals surface area contributed by atoms with Gasteiger partial charge in [0.25, 0.3) is 0 Å². The Balaban J connectivity index is 2.37. The van der Waals surface area contributed by atoms with E-state index in [1.54, 1.807) is 6.07 Å². The van der Waals surface area contributed by atoms with Gasteiger partial charge in [0.15, 0.2) is 5.82 Å². The lowest BCUT2D eigenvalue weighted by atomic mass is 10.1. The molecule has 1 aromatic heterocycles. The van der Waals surface area contributed by atoms with Crippen LogP contribution in [-0.4, -0.2) is 27.0 Å². The van der Waals surface area contributed by atoms with Gasteiger partial charge in [-0.3, -0.25) is 9.89 Å². The fraction of sp³-hybridized carbons (Fsp3) is 0.182. The lowest BCUT2D eigenvalue weighted by Gasteiger charge is -2.06. The minimum absolute atomic E-state index is 0.0820. The number of hydrogen-bond acceptors (Lipinski definition) is 3. The Hall–Kier alpha value is -1.88. The minimum Gasteiger partial charge on any atom is -0.324 e. The predicted molar refractivity (Wildman–Crippen MR) is 65.9 cm³/mol. The van der Waals surface area contributed by atoms with Crippen LogP contribution in [0.3, 0.4) is 0 Å². The molecular formula is C11H11ClN4O. The monoisotopic (exact) mass is 250 g/mol. The van der Waals surface area contributed by atoms with Crippen molar-refractivity contribution in [2.45, 2.75) is 6.92 Å². The Morgan fingerprint density at radius 2 is 2.24 bits per heavy atom. The number of carbonyl (C=O) groups excluding carboxylic acids is 1. The maximum atomic E-state index is 11.3. The van der Waals surface area contributed by atoms with Gasteiger partial charge in [-0.2, -0.15) is 5.10 Å². The van der Waals surface area contributed by atoms with Crippen LogP contribution >= 0.6 is 11.6 Å². The number of anilines is 1. The van der Waals surface area contributed by atoms with Gasteiger partial charge in [-0.1, -0.05) is 12.1 Å². The number of rotatable bonds is 3. The van der Waals surface area contributed by atoms with Crippen LogP contribution in [0, 0.1) is 6.92 Å². The Morgan fingerprint density at radius 3 is 2.88 bits per heavy atom. The molecule has 2 N–H and O–H groups in total. The van der Waals surface area contributed by atoms with Crippen LogP contribution in [0.25, 0.3) is 11.4 Å². The molecule has 2 rings (SSSR count). The van der Waals surface area contributed by atoms with Crippen molar-refractivity contribution < 1.29 is 4.79 Å². The number of aryl methyl sites for hydroxylation is 1. The topological polar surface area (TPSA) is 70.7 Å². The third kappa shape index (κ3) is 2.62. The highest BCUT2D eigenvalue weighted by molar-refractivity contribution is 6.29. The van der Waals surface area contributed by atoms with Gasteiger partial charge < -0.3 is 5.32 Å². The van der Waals surface area contributed by atoms with E-state index in [-0.39, 0.29) is 11.8 Å². The molecule has 88 valence electrons. The highest BCUT2D eigenvalue weighted by Gasteiger charge is 2.10. The van der Waals surface area contributed by atoms with E-state index in [4.69, 9.17) is 11.6 Å². The molecule has 2 aromatic rings. The van der Waals surface area contributed by atoms with Crippen LogP contribution < -0.4 is 5.32 Å². The van der Waals surface area contributed by atoms with Crippen LogP contribution in [0.15, 0.2) is 24.3 Å². The van der Waals surface area contributed by atoms with Crippen molar-refractivity contribution in [3.63, 3.8) is 0 Å². The second-order valence-corrected chi connectivity index (χ2v) is 3.74. The van der Waals surface area contributed by atoms with Gasteiger partial charge >= 0.3 is 0 Å². The number of halogens is 1. The maximum absolute atomic E-state index is 11.3. The summed E-state index contributed by atoms with van der Waals surface area (Å²) in [5.74, 6) is 0.930. The van der Waals surface area contributed by atoms with Crippen molar-refractivity contribution in [2.75, 3.05) is 11.2 Å². The first kappa shape index (κ1) is 11.6. The summed E-state index contributed by atoms with van der Waals surface area (Å²) in [6, 6.07) is 7.31.